The molecule has 1 fully saturated rings. The highest BCUT2D eigenvalue weighted by Gasteiger charge is 2.37. The van der Waals surface area contributed by atoms with Crippen molar-refractivity contribution < 1.29 is 19.3 Å². The van der Waals surface area contributed by atoms with Gasteiger partial charge in [-0.05, 0) is 17.5 Å². The highest BCUT2D eigenvalue weighted by Crippen LogP contribution is 2.37. The number of ketones is 1. The van der Waals surface area contributed by atoms with E-state index >= 15 is 0 Å². The standard InChI is InChI=1S/C29H32O4/c1-2-3-4-5-12-21-26-31-29(33-32-26)27(22-15-8-6-9-16-22)24-19-13-14-20-25(24)28(30)23-17-10-7-11-18-23/h6-11,13-20,26-27,29H,2-5,12,21H2,1H3. The average molecular weight is 445 g/mol. The molecule has 0 N–H and O–H groups in total. The van der Waals surface area contributed by atoms with E-state index in [0.717, 1.165) is 30.4 Å². The molecule has 3 aromatic rings. The lowest BCUT2D eigenvalue weighted by Crippen LogP contribution is -2.24. The van der Waals surface area contributed by atoms with Gasteiger partial charge in [0.2, 0.25) is 6.29 Å². The maximum Gasteiger partial charge on any atom is 0.205 e. The number of carbonyl (C=O) groups is 1. The topological polar surface area (TPSA) is 44.8 Å². The van der Waals surface area contributed by atoms with Crippen molar-refractivity contribution in [3.8, 4) is 0 Å². The summed E-state index contributed by atoms with van der Waals surface area (Å²) >= 11 is 0. The van der Waals surface area contributed by atoms with Gasteiger partial charge >= 0.3 is 0 Å². The molecular weight excluding hydrogens is 412 g/mol. The maximum absolute atomic E-state index is 13.4. The van der Waals surface area contributed by atoms with E-state index in [1.807, 2.05) is 84.9 Å². The first-order valence-electron chi connectivity index (χ1n) is 12.0. The predicted molar refractivity (Wildman–Crippen MR) is 129 cm³/mol. The Balaban J connectivity index is 1.58. The Morgan fingerprint density at radius 1 is 0.788 bits per heavy atom. The van der Waals surface area contributed by atoms with Gasteiger partial charge in [0.15, 0.2) is 12.1 Å². The van der Waals surface area contributed by atoms with Crippen LogP contribution in [0.4, 0.5) is 0 Å². The first-order chi connectivity index (χ1) is 16.3. The van der Waals surface area contributed by atoms with Gasteiger partial charge in [-0.1, -0.05) is 118 Å². The molecule has 0 aromatic heterocycles. The fourth-order valence-corrected chi connectivity index (χ4v) is 4.34. The Labute approximate surface area is 196 Å². The van der Waals surface area contributed by atoms with Crippen LogP contribution in [-0.2, 0) is 14.5 Å². The Bertz CT molecular complexity index is 1000. The van der Waals surface area contributed by atoms with Crippen molar-refractivity contribution in [2.75, 3.05) is 0 Å². The summed E-state index contributed by atoms with van der Waals surface area (Å²) in [4.78, 5) is 24.7. The summed E-state index contributed by atoms with van der Waals surface area (Å²) in [5.41, 5.74) is 3.19. The largest absolute Gasteiger partial charge is 0.317 e. The van der Waals surface area contributed by atoms with Crippen molar-refractivity contribution in [1.29, 1.82) is 0 Å². The highest BCUT2D eigenvalue weighted by molar-refractivity contribution is 6.10. The number of rotatable bonds is 11. The highest BCUT2D eigenvalue weighted by atomic mass is 17.3. The van der Waals surface area contributed by atoms with E-state index in [0.29, 0.717) is 11.1 Å². The zero-order valence-electron chi connectivity index (χ0n) is 19.2. The van der Waals surface area contributed by atoms with Crippen LogP contribution < -0.4 is 0 Å². The molecule has 172 valence electrons. The third kappa shape index (κ3) is 5.97. The van der Waals surface area contributed by atoms with Gasteiger partial charge in [-0.15, -0.1) is 0 Å². The minimum Gasteiger partial charge on any atom is -0.317 e. The molecule has 4 heteroatoms. The summed E-state index contributed by atoms with van der Waals surface area (Å²) in [6.07, 6.45) is 5.70. The number of carbonyl (C=O) groups excluding carboxylic acids is 1. The van der Waals surface area contributed by atoms with Crippen LogP contribution in [0.25, 0.3) is 0 Å². The van der Waals surface area contributed by atoms with Gasteiger partial charge < -0.3 is 4.74 Å². The Hall–Kier alpha value is -2.79. The predicted octanol–water partition coefficient (Wildman–Crippen LogP) is 7.04. The minimum atomic E-state index is -0.627. The van der Waals surface area contributed by atoms with E-state index in [4.69, 9.17) is 14.5 Å². The second-order valence-electron chi connectivity index (χ2n) is 8.50. The van der Waals surface area contributed by atoms with E-state index in [1.54, 1.807) is 0 Å². The summed E-state index contributed by atoms with van der Waals surface area (Å²) in [5.74, 6) is -0.307. The van der Waals surface area contributed by atoms with Crippen LogP contribution in [0, 0.1) is 0 Å². The van der Waals surface area contributed by atoms with Crippen LogP contribution in [0.5, 0.6) is 0 Å². The average Bonchev–Trinajstić information content (AvgIpc) is 3.33. The van der Waals surface area contributed by atoms with Gasteiger partial charge in [0.05, 0.1) is 5.92 Å². The van der Waals surface area contributed by atoms with Crippen molar-refractivity contribution in [2.45, 2.75) is 63.9 Å². The Kier molecular flexibility index (Phi) is 8.42. The quantitative estimate of drug-likeness (QED) is 0.181. The Morgan fingerprint density at radius 2 is 1.45 bits per heavy atom. The third-order valence-electron chi connectivity index (χ3n) is 6.09. The molecule has 1 aliphatic heterocycles. The van der Waals surface area contributed by atoms with E-state index in [2.05, 4.69) is 6.92 Å². The molecule has 1 saturated heterocycles. The van der Waals surface area contributed by atoms with Gasteiger partial charge in [0, 0.05) is 17.5 Å². The number of benzene rings is 3. The second kappa shape index (κ2) is 11.9. The number of ether oxygens (including phenoxy) is 1. The lowest BCUT2D eigenvalue weighted by Gasteiger charge is -2.24. The summed E-state index contributed by atoms with van der Waals surface area (Å²) in [7, 11) is 0. The fraction of sp³-hybridized carbons (Fsp3) is 0.345. The van der Waals surface area contributed by atoms with E-state index in [1.165, 1.54) is 19.3 Å². The maximum atomic E-state index is 13.4. The minimum absolute atomic E-state index is 0.0153. The van der Waals surface area contributed by atoms with Crippen molar-refractivity contribution in [1.82, 2.24) is 0 Å². The van der Waals surface area contributed by atoms with Crippen LogP contribution >= 0.6 is 0 Å². The summed E-state index contributed by atoms with van der Waals surface area (Å²) < 4.78 is 6.22. The zero-order valence-corrected chi connectivity index (χ0v) is 19.2. The van der Waals surface area contributed by atoms with Gasteiger partial charge in [-0.25, -0.2) is 9.78 Å². The van der Waals surface area contributed by atoms with E-state index < -0.39 is 6.29 Å². The molecule has 4 rings (SSSR count). The number of unbranched alkanes of at least 4 members (excludes halogenated alkanes) is 4. The molecule has 33 heavy (non-hydrogen) atoms. The first kappa shape index (κ1) is 23.4. The molecular formula is C29H32O4. The molecule has 0 spiro atoms. The van der Waals surface area contributed by atoms with Crippen LogP contribution in [0.3, 0.4) is 0 Å². The van der Waals surface area contributed by atoms with Crippen LogP contribution in [-0.4, -0.2) is 18.4 Å². The Morgan fingerprint density at radius 3 is 2.21 bits per heavy atom. The molecule has 0 radical (unpaired) electrons. The third-order valence-corrected chi connectivity index (χ3v) is 6.09. The monoisotopic (exact) mass is 444 g/mol. The van der Waals surface area contributed by atoms with E-state index in [-0.39, 0.29) is 18.0 Å². The first-order valence-corrected chi connectivity index (χ1v) is 12.0. The molecule has 4 nitrogen and oxygen atoms in total. The molecule has 0 aliphatic carbocycles. The van der Waals surface area contributed by atoms with Crippen molar-refractivity contribution in [3.05, 3.63) is 107 Å². The van der Waals surface area contributed by atoms with Gasteiger partial charge in [0.1, 0.15) is 0 Å². The summed E-state index contributed by atoms with van der Waals surface area (Å²) in [6.45, 7) is 2.21. The second-order valence-corrected chi connectivity index (χ2v) is 8.50. The lowest BCUT2D eigenvalue weighted by atomic mass is 9.85. The zero-order chi connectivity index (χ0) is 22.9. The number of hydrogen-bond donors (Lipinski definition) is 0. The van der Waals surface area contributed by atoms with Crippen molar-refractivity contribution in [2.24, 2.45) is 0 Å². The number of hydrogen-bond acceptors (Lipinski definition) is 4. The van der Waals surface area contributed by atoms with Gasteiger partial charge in [-0.2, -0.15) is 0 Å². The molecule has 3 unspecified atom stereocenters. The van der Waals surface area contributed by atoms with Crippen molar-refractivity contribution in [3.63, 3.8) is 0 Å². The normalized spacial score (nSPS) is 18.8. The van der Waals surface area contributed by atoms with Gasteiger partial charge in [0.25, 0.3) is 0 Å². The van der Waals surface area contributed by atoms with Crippen LogP contribution in [0.1, 0.15) is 78.4 Å². The molecule has 0 saturated carbocycles. The smallest absolute Gasteiger partial charge is 0.205 e. The molecule has 1 aliphatic rings. The molecule has 1 heterocycles. The van der Waals surface area contributed by atoms with Crippen molar-refractivity contribution >= 4 is 5.78 Å². The summed E-state index contributed by atoms with van der Waals surface area (Å²) in [6, 6.07) is 27.1. The fourth-order valence-electron chi connectivity index (χ4n) is 4.34. The summed E-state index contributed by atoms with van der Waals surface area (Å²) in [5, 5.41) is 0. The van der Waals surface area contributed by atoms with Crippen LogP contribution in [0.2, 0.25) is 0 Å². The van der Waals surface area contributed by atoms with E-state index in [9.17, 15) is 4.79 Å². The van der Waals surface area contributed by atoms with Crippen LogP contribution in [0.15, 0.2) is 84.9 Å². The molecule has 0 amide bonds. The molecule has 0 bridgehead atoms. The molecule has 3 atom stereocenters. The SMILES string of the molecule is CCCCCCCC1OOC(C(c2ccccc2)c2ccccc2C(=O)c2ccccc2)O1. The lowest BCUT2D eigenvalue weighted by molar-refractivity contribution is -0.299. The van der Waals surface area contributed by atoms with Gasteiger partial charge in [-0.3, -0.25) is 4.79 Å². The molecule has 3 aromatic carbocycles.